The Morgan fingerprint density at radius 1 is 0.812 bits per heavy atom. The molecule has 3 aromatic carbocycles. The Morgan fingerprint density at radius 3 is 2.12 bits per heavy atom. The van der Waals surface area contributed by atoms with Crippen LogP contribution in [0.15, 0.2) is 72.8 Å². The van der Waals surface area contributed by atoms with E-state index in [0.717, 1.165) is 25.2 Å². The molecule has 0 radical (unpaired) electrons. The monoisotopic (exact) mass is 428 g/mol. The van der Waals surface area contributed by atoms with Gasteiger partial charge in [-0.15, -0.1) is 0 Å². The molecule has 7 nitrogen and oxygen atoms in total. The van der Waals surface area contributed by atoms with Crippen LogP contribution in [-0.2, 0) is 17.8 Å². The van der Waals surface area contributed by atoms with E-state index in [0.29, 0.717) is 16.8 Å². The average Bonchev–Trinajstić information content (AvgIpc) is 2.82. The Labute approximate surface area is 186 Å². The summed E-state index contributed by atoms with van der Waals surface area (Å²) in [5.41, 5.74) is 10.3. The Morgan fingerprint density at radius 2 is 1.44 bits per heavy atom. The summed E-state index contributed by atoms with van der Waals surface area (Å²) in [6, 6.07) is 22.5. The lowest BCUT2D eigenvalue weighted by atomic mass is 9.99. The molecule has 0 saturated heterocycles. The standard InChI is InChI=1S/C25H24N4O3/c26-23(30)15-27-24(31)18-5-9-21(10-6-18)28-25(32)19-7-11-22(12-8-19)29-14-13-17-3-1-2-4-20(17)16-29/h1-12H,13-16H2,(H2,26,30)(H,27,31)(H,28,32). The molecule has 162 valence electrons. The largest absolute Gasteiger partial charge is 0.368 e. The second kappa shape index (κ2) is 9.34. The number of nitrogens with one attached hydrogen (secondary N) is 2. The van der Waals surface area contributed by atoms with E-state index >= 15 is 0 Å². The number of anilines is 2. The molecule has 4 N–H and O–H groups in total. The SMILES string of the molecule is NC(=O)CNC(=O)c1ccc(NC(=O)c2ccc(N3CCc4ccccc4C3)cc2)cc1. The number of carbonyl (C=O) groups is 3. The third-order valence-corrected chi connectivity index (χ3v) is 5.45. The van der Waals surface area contributed by atoms with Crippen LogP contribution in [0.3, 0.4) is 0 Å². The minimum atomic E-state index is -0.613. The Bertz CT molecular complexity index is 1140. The number of rotatable bonds is 6. The number of nitrogens with zero attached hydrogens (tertiary/aromatic N) is 1. The highest BCUT2D eigenvalue weighted by Gasteiger charge is 2.16. The third kappa shape index (κ3) is 4.95. The van der Waals surface area contributed by atoms with Gasteiger partial charge in [-0.3, -0.25) is 14.4 Å². The number of benzene rings is 3. The van der Waals surface area contributed by atoms with E-state index in [-0.39, 0.29) is 12.5 Å². The van der Waals surface area contributed by atoms with Gasteiger partial charge in [0.1, 0.15) is 0 Å². The van der Waals surface area contributed by atoms with E-state index in [2.05, 4.69) is 39.8 Å². The first-order valence-electron chi connectivity index (χ1n) is 10.4. The number of hydrogen-bond acceptors (Lipinski definition) is 4. The first kappa shape index (κ1) is 21.1. The number of amides is 3. The van der Waals surface area contributed by atoms with Crippen molar-refractivity contribution in [1.29, 1.82) is 0 Å². The zero-order chi connectivity index (χ0) is 22.5. The highest BCUT2D eigenvalue weighted by molar-refractivity contribution is 6.04. The lowest BCUT2D eigenvalue weighted by molar-refractivity contribution is -0.117. The molecule has 0 saturated carbocycles. The maximum Gasteiger partial charge on any atom is 0.255 e. The van der Waals surface area contributed by atoms with Gasteiger partial charge in [-0.2, -0.15) is 0 Å². The van der Waals surface area contributed by atoms with E-state index in [1.165, 1.54) is 11.1 Å². The van der Waals surface area contributed by atoms with E-state index < -0.39 is 11.8 Å². The predicted molar refractivity (Wildman–Crippen MR) is 124 cm³/mol. The molecule has 32 heavy (non-hydrogen) atoms. The van der Waals surface area contributed by atoms with Crippen LogP contribution in [0.1, 0.15) is 31.8 Å². The topological polar surface area (TPSA) is 105 Å². The van der Waals surface area contributed by atoms with E-state index in [1.54, 1.807) is 24.3 Å². The fraction of sp³-hybridized carbons (Fsp3) is 0.160. The number of primary amides is 1. The number of fused-ring (bicyclic) bond motifs is 1. The van der Waals surface area contributed by atoms with Crippen LogP contribution in [0.2, 0.25) is 0 Å². The minimum Gasteiger partial charge on any atom is -0.368 e. The number of carbonyl (C=O) groups excluding carboxylic acids is 3. The van der Waals surface area contributed by atoms with Gasteiger partial charge >= 0.3 is 0 Å². The summed E-state index contributed by atoms with van der Waals surface area (Å²) in [5.74, 6) is -1.25. The normalized spacial score (nSPS) is 12.6. The summed E-state index contributed by atoms with van der Waals surface area (Å²) in [6.45, 7) is 1.58. The van der Waals surface area contributed by atoms with Crippen LogP contribution >= 0.6 is 0 Å². The van der Waals surface area contributed by atoms with E-state index in [9.17, 15) is 14.4 Å². The van der Waals surface area contributed by atoms with Gasteiger partial charge in [-0.1, -0.05) is 24.3 Å². The van der Waals surface area contributed by atoms with Crippen molar-refractivity contribution >= 4 is 29.1 Å². The van der Waals surface area contributed by atoms with Crippen LogP contribution in [0.4, 0.5) is 11.4 Å². The van der Waals surface area contributed by atoms with Crippen molar-refractivity contribution in [3.05, 3.63) is 95.1 Å². The molecule has 0 aliphatic carbocycles. The molecule has 0 atom stereocenters. The molecule has 0 fully saturated rings. The summed E-state index contributed by atoms with van der Waals surface area (Å²) in [6.07, 6.45) is 1.01. The third-order valence-electron chi connectivity index (χ3n) is 5.45. The molecule has 1 aliphatic rings. The van der Waals surface area contributed by atoms with E-state index in [1.807, 2.05) is 24.3 Å². The molecule has 3 aromatic rings. The quantitative estimate of drug-likeness (QED) is 0.561. The lowest BCUT2D eigenvalue weighted by Crippen LogP contribution is -2.33. The van der Waals surface area contributed by atoms with Gasteiger partial charge in [-0.05, 0) is 66.1 Å². The second-order valence-corrected chi connectivity index (χ2v) is 7.67. The Hall–Kier alpha value is -4.13. The van der Waals surface area contributed by atoms with Crippen LogP contribution in [0.5, 0.6) is 0 Å². The summed E-state index contributed by atoms with van der Waals surface area (Å²) in [7, 11) is 0. The Kier molecular flexibility index (Phi) is 6.17. The maximum atomic E-state index is 12.6. The first-order chi connectivity index (χ1) is 15.5. The van der Waals surface area contributed by atoms with Gasteiger partial charge in [0.15, 0.2) is 0 Å². The van der Waals surface area contributed by atoms with Crippen molar-refractivity contribution in [2.24, 2.45) is 5.73 Å². The summed E-state index contributed by atoms with van der Waals surface area (Å²) >= 11 is 0. The fourth-order valence-electron chi connectivity index (χ4n) is 3.72. The molecule has 4 rings (SSSR count). The minimum absolute atomic E-state index is 0.225. The van der Waals surface area contributed by atoms with Gasteiger partial charge in [0.05, 0.1) is 6.54 Å². The zero-order valence-electron chi connectivity index (χ0n) is 17.5. The number of hydrogen-bond donors (Lipinski definition) is 3. The van der Waals surface area contributed by atoms with Gasteiger partial charge in [0.2, 0.25) is 5.91 Å². The van der Waals surface area contributed by atoms with Crippen molar-refractivity contribution in [1.82, 2.24) is 5.32 Å². The van der Waals surface area contributed by atoms with Gasteiger partial charge in [0, 0.05) is 35.6 Å². The maximum absolute atomic E-state index is 12.6. The molecule has 1 heterocycles. The second-order valence-electron chi connectivity index (χ2n) is 7.67. The number of nitrogens with two attached hydrogens (primary N) is 1. The van der Waals surface area contributed by atoms with Gasteiger partial charge in [-0.25, -0.2) is 0 Å². The van der Waals surface area contributed by atoms with Gasteiger partial charge < -0.3 is 21.3 Å². The van der Waals surface area contributed by atoms with E-state index in [4.69, 9.17) is 5.73 Å². The molecule has 1 aliphatic heterocycles. The molecule has 0 unspecified atom stereocenters. The summed E-state index contributed by atoms with van der Waals surface area (Å²) in [4.78, 5) is 37.6. The van der Waals surface area contributed by atoms with Crippen LogP contribution in [-0.4, -0.2) is 30.8 Å². The van der Waals surface area contributed by atoms with Crippen molar-refractivity contribution < 1.29 is 14.4 Å². The van der Waals surface area contributed by atoms with Crippen molar-refractivity contribution in [2.75, 3.05) is 23.3 Å². The van der Waals surface area contributed by atoms with Gasteiger partial charge in [0.25, 0.3) is 11.8 Å². The molecular weight excluding hydrogens is 404 g/mol. The lowest BCUT2D eigenvalue weighted by Gasteiger charge is -2.30. The zero-order valence-corrected chi connectivity index (χ0v) is 17.5. The first-order valence-corrected chi connectivity index (χ1v) is 10.4. The molecule has 3 amide bonds. The van der Waals surface area contributed by atoms with Crippen LogP contribution in [0.25, 0.3) is 0 Å². The molecule has 0 spiro atoms. The van der Waals surface area contributed by atoms with Crippen LogP contribution in [0, 0.1) is 0 Å². The smallest absolute Gasteiger partial charge is 0.255 e. The molecule has 7 heteroatoms. The fourth-order valence-corrected chi connectivity index (χ4v) is 3.72. The summed E-state index contributed by atoms with van der Waals surface area (Å²) in [5, 5.41) is 5.25. The molecule has 0 bridgehead atoms. The van der Waals surface area contributed by atoms with Crippen molar-refractivity contribution in [3.63, 3.8) is 0 Å². The van der Waals surface area contributed by atoms with Crippen LogP contribution < -0.4 is 21.3 Å². The highest BCUT2D eigenvalue weighted by Crippen LogP contribution is 2.25. The predicted octanol–water partition coefficient (Wildman–Crippen LogP) is 2.72. The average molecular weight is 428 g/mol. The molecule has 0 aromatic heterocycles. The highest BCUT2D eigenvalue weighted by atomic mass is 16.2. The summed E-state index contributed by atoms with van der Waals surface area (Å²) < 4.78 is 0. The van der Waals surface area contributed by atoms with Crippen molar-refractivity contribution in [2.45, 2.75) is 13.0 Å². The molecular formula is C25H24N4O3. The Balaban J connectivity index is 1.36. The van der Waals surface area contributed by atoms with Crippen molar-refractivity contribution in [3.8, 4) is 0 Å².